The van der Waals surface area contributed by atoms with Crippen LogP contribution in [0, 0.1) is 5.92 Å². The third-order valence-electron chi connectivity index (χ3n) is 3.50. The number of hydrogen-bond acceptors (Lipinski definition) is 4. The molecule has 0 spiro atoms. The molecule has 126 valence electrons. The number of carbonyl (C=O) groups is 3. The summed E-state index contributed by atoms with van der Waals surface area (Å²) < 4.78 is 0. The molecule has 25 heavy (non-hydrogen) atoms. The largest absolute Gasteiger partial charge is 0.335 e. The molecule has 0 unspecified atom stereocenters. The van der Waals surface area contributed by atoms with E-state index in [4.69, 9.17) is 23.2 Å². The van der Waals surface area contributed by atoms with Crippen LogP contribution in [0.15, 0.2) is 53.5 Å². The molecular weight excluding hydrogens is 365 g/mol. The Morgan fingerprint density at radius 2 is 1.68 bits per heavy atom. The van der Waals surface area contributed by atoms with Crippen molar-refractivity contribution >= 4 is 58.6 Å². The molecule has 4 amide bonds. The Kier molecular flexibility index (Phi) is 4.83. The summed E-state index contributed by atoms with van der Waals surface area (Å²) in [6.07, 6.45) is 1.17. The molecule has 1 N–H and O–H groups in total. The zero-order valence-electron chi connectivity index (χ0n) is 12.6. The summed E-state index contributed by atoms with van der Waals surface area (Å²) in [6.45, 7) is 0. The normalized spacial score (nSPS) is 17.9. The van der Waals surface area contributed by atoms with Crippen LogP contribution in [0.25, 0.3) is 0 Å². The van der Waals surface area contributed by atoms with Crippen molar-refractivity contribution in [1.82, 2.24) is 5.32 Å². The first kappa shape index (κ1) is 17.1. The Balaban J connectivity index is 1.90. The first-order valence-corrected chi connectivity index (χ1v) is 7.96. The van der Waals surface area contributed by atoms with Gasteiger partial charge in [-0.15, -0.1) is 0 Å². The maximum atomic E-state index is 12.6. The molecule has 6 nitrogen and oxygen atoms in total. The molecule has 1 aliphatic rings. The highest BCUT2D eigenvalue weighted by Crippen LogP contribution is 2.25. The van der Waals surface area contributed by atoms with E-state index in [-0.39, 0.29) is 0 Å². The van der Waals surface area contributed by atoms with Crippen LogP contribution in [0.5, 0.6) is 0 Å². The number of anilines is 1. The Bertz CT molecular complexity index is 881. The van der Waals surface area contributed by atoms with Gasteiger partial charge in [-0.25, -0.2) is 9.69 Å². The standard InChI is InChI=1S/C17H11Cl2N3O3/c18-10-5-7-11(8-6-10)22-16(24)12(15(23)21-17(22)25)9-20-14-4-2-1-3-13(14)19/h1-9,12H,(H,21,23,25)/t12-/m0/s1. The molecule has 1 saturated heterocycles. The maximum absolute atomic E-state index is 12.6. The number of nitrogens with zero attached hydrogens (tertiary/aromatic N) is 2. The number of nitrogens with one attached hydrogen (secondary N) is 1. The number of imide groups is 2. The predicted octanol–water partition coefficient (Wildman–Crippen LogP) is 3.59. The molecule has 0 aliphatic carbocycles. The van der Waals surface area contributed by atoms with Crippen LogP contribution in [0.2, 0.25) is 10.0 Å². The van der Waals surface area contributed by atoms with E-state index in [9.17, 15) is 14.4 Å². The molecule has 1 fully saturated rings. The lowest BCUT2D eigenvalue weighted by Gasteiger charge is -2.28. The summed E-state index contributed by atoms with van der Waals surface area (Å²) >= 11 is 11.8. The molecule has 3 rings (SSSR count). The number of barbiturate groups is 1. The van der Waals surface area contributed by atoms with Crippen molar-refractivity contribution in [3.63, 3.8) is 0 Å². The van der Waals surface area contributed by atoms with Gasteiger partial charge in [0, 0.05) is 11.2 Å². The summed E-state index contributed by atoms with van der Waals surface area (Å²) in [5, 5.41) is 2.99. The number of hydrogen-bond donors (Lipinski definition) is 1. The monoisotopic (exact) mass is 375 g/mol. The van der Waals surface area contributed by atoms with E-state index in [0.717, 1.165) is 4.90 Å². The molecular formula is C17H11Cl2N3O3. The number of benzene rings is 2. The molecule has 0 radical (unpaired) electrons. The Morgan fingerprint density at radius 3 is 2.36 bits per heavy atom. The van der Waals surface area contributed by atoms with Crippen molar-refractivity contribution in [2.24, 2.45) is 10.9 Å². The average Bonchev–Trinajstić information content (AvgIpc) is 2.57. The van der Waals surface area contributed by atoms with Gasteiger partial charge in [0.2, 0.25) is 5.91 Å². The zero-order chi connectivity index (χ0) is 18.0. The fourth-order valence-corrected chi connectivity index (χ4v) is 2.58. The van der Waals surface area contributed by atoms with Crippen LogP contribution >= 0.6 is 23.2 Å². The van der Waals surface area contributed by atoms with Gasteiger partial charge in [0.05, 0.1) is 16.4 Å². The van der Waals surface area contributed by atoms with E-state index in [1.54, 1.807) is 36.4 Å². The first-order valence-electron chi connectivity index (χ1n) is 7.20. The minimum absolute atomic E-state index is 0.301. The van der Waals surface area contributed by atoms with Crippen LogP contribution in [-0.4, -0.2) is 24.1 Å². The van der Waals surface area contributed by atoms with E-state index in [0.29, 0.717) is 21.4 Å². The molecule has 0 saturated carbocycles. The van der Waals surface area contributed by atoms with Crippen molar-refractivity contribution in [3.8, 4) is 0 Å². The Morgan fingerprint density at radius 1 is 1.00 bits per heavy atom. The van der Waals surface area contributed by atoms with Crippen LogP contribution < -0.4 is 10.2 Å². The minimum atomic E-state index is -1.25. The van der Waals surface area contributed by atoms with E-state index < -0.39 is 23.8 Å². The van der Waals surface area contributed by atoms with Crippen LogP contribution in [0.1, 0.15) is 0 Å². The second kappa shape index (κ2) is 7.04. The van der Waals surface area contributed by atoms with Gasteiger partial charge in [-0.2, -0.15) is 0 Å². The fraction of sp³-hybridized carbons (Fsp3) is 0.0588. The molecule has 2 aromatic rings. The highest BCUT2D eigenvalue weighted by molar-refractivity contribution is 6.34. The number of rotatable bonds is 3. The minimum Gasteiger partial charge on any atom is -0.276 e. The Hall–Kier alpha value is -2.70. The van der Waals surface area contributed by atoms with Crippen LogP contribution in [0.4, 0.5) is 16.2 Å². The SMILES string of the molecule is O=C1NC(=O)N(c2ccc(Cl)cc2)C(=O)[C@H]1C=Nc1ccccc1Cl. The molecule has 1 atom stereocenters. The van der Waals surface area contributed by atoms with Gasteiger partial charge in [0.1, 0.15) is 0 Å². The molecule has 0 aromatic heterocycles. The van der Waals surface area contributed by atoms with Gasteiger partial charge in [0.15, 0.2) is 5.92 Å². The molecule has 8 heteroatoms. The average molecular weight is 376 g/mol. The van der Waals surface area contributed by atoms with Crippen LogP contribution in [0.3, 0.4) is 0 Å². The first-order chi connectivity index (χ1) is 12.0. The third kappa shape index (κ3) is 3.55. The number of urea groups is 1. The fourth-order valence-electron chi connectivity index (χ4n) is 2.27. The van der Waals surface area contributed by atoms with Crippen molar-refractivity contribution in [3.05, 3.63) is 58.6 Å². The molecule has 0 bridgehead atoms. The van der Waals surface area contributed by atoms with E-state index in [1.165, 1.54) is 18.3 Å². The maximum Gasteiger partial charge on any atom is 0.335 e. The van der Waals surface area contributed by atoms with Gasteiger partial charge in [-0.05, 0) is 36.4 Å². The third-order valence-corrected chi connectivity index (χ3v) is 4.07. The van der Waals surface area contributed by atoms with Gasteiger partial charge in [0.25, 0.3) is 5.91 Å². The zero-order valence-corrected chi connectivity index (χ0v) is 14.2. The summed E-state index contributed by atoms with van der Waals surface area (Å²) in [4.78, 5) is 41.7. The molecule has 2 aromatic carbocycles. The predicted molar refractivity (Wildman–Crippen MR) is 95.6 cm³/mol. The summed E-state index contributed by atoms with van der Waals surface area (Å²) in [7, 11) is 0. The highest BCUT2D eigenvalue weighted by Gasteiger charge is 2.40. The lowest BCUT2D eigenvalue weighted by atomic mass is 10.1. The number of amides is 4. The number of aliphatic imine (C=N–C) groups is 1. The lowest BCUT2D eigenvalue weighted by molar-refractivity contribution is -0.131. The number of para-hydroxylation sites is 1. The topological polar surface area (TPSA) is 78.8 Å². The van der Waals surface area contributed by atoms with E-state index in [1.807, 2.05) is 0 Å². The summed E-state index contributed by atoms with van der Waals surface area (Å²) in [5.74, 6) is -2.69. The number of halogens is 2. The van der Waals surface area contributed by atoms with Crippen molar-refractivity contribution < 1.29 is 14.4 Å². The second-order valence-electron chi connectivity index (χ2n) is 5.15. The highest BCUT2D eigenvalue weighted by atomic mass is 35.5. The van der Waals surface area contributed by atoms with Gasteiger partial charge >= 0.3 is 6.03 Å². The van der Waals surface area contributed by atoms with Gasteiger partial charge in [-0.1, -0.05) is 35.3 Å². The van der Waals surface area contributed by atoms with Crippen molar-refractivity contribution in [2.45, 2.75) is 0 Å². The van der Waals surface area contributed by atoms with Gasteiger partial charge in [-0.3, -0.25) is 19.9 Å². The lowest BCUT2D eigenvalue weighted by Crippen LogP contribution is -2.58. The molecule has 1 aliphatic heterocycles. The second-order valence-corrected chi connectivity index (χ2v) is 6.00. The van der Waals surface area contributed by atoms with E-state index >= 15 is 0 Å². The van der Waals surface area contributed by atoms with Crippen LogP contribution in [-0.2, 0) is 9.59 Å². The van der Waals surface area contributed by atoms with E-state index in [2.05, 4.69) is 10.3 Å². The summed E-state index contributed by atoms with van der Waals surface area (Å²) in [6, 6.07) is 12.0. The number of carbonyl (C=O) groups excluding carboxylic acids is 3. The van der Waals surface area contributed by atoms with Crippen molar-refractivity contribution in [2.75, 3.05) is 4.90 Å². The van der Waals surface area contributed by atoms with Crippen molar-refractivity contribution in [1.29, 1.82) is 0 Å². The Labute approximate surface area is 153 Å². The smallest absolute Gasteiger partial charge is 0.276 e. The summed E-state index contributed by atoms with van der Waals surface area (Å²) in [5.41, 5.74) is 0.718. The molecule has 1 heterocycles. The quantitative estimate of drug-likeness (QED) is 0.657. The van der Waals surface area contributed by atoms with Gasteiger partial charge < -0.3 is 0 Å².